The van der Waals surface area contributed by atoms with Crippen molar-refractivity contribution in [1.29, 1.82) is 0 Å². The Hall–Kier alpha value is -3.02. The van der Waals surface area contributed by atoms with E-state index in [0.29, 0.717) is 5.71 Å². The van der Waals surface area contributed by atoms with Gasteiger partial charge in [-0.25, -0.2) is 0 Å². The molecule has 0 fully saturated rings. The molecule has 0 atom stereocenters. The van der Waals surface area contributed by atoms with Crippen molar-refractivity contribution in [3.8, 4) is 0 Å². The fraction of sp³-hybridized carbons (Fsp3) is 0.176. The second-order valence-corrected chi connectivity index (χ2v) is 5.22. The van der Waals surface area contributed by atoms with E-state index in [1.807, 2.05) is 50.2 Å². The lowest BCUT2D eigenvalue weighted by atomic mass is 10.1. The maximum atomic E-state index is 10.6. The molecule has 0 unspecified atom stereocenters. The summed E-state index contributed by atoms with van der Waals surface area (Å²) in [6, 6.07) is 14.2. The highest BCUT2D eigenvalue weighted by molar-refractivity contribution is 5.99. The van der Waals surface area contributed by atoms with Crippen molar-refractivity contribution >= 4 is 23.3 Å². The minimum Gasteiger partial charge on any atom is -0.378 e. The summed E-state index contributed by atoms with van der Waals surface area (Å²) in [5.41, 5.74) is 3.63. The molecule has 0 aliphatic rings. The van der Waals surface area contributed by atoms with Crippen molar-refractivity contribution in [3.05, 3.63) is 69.8 Å². The molecule has 0 heterocycles. The van der Waals surface area contributed by atoms with Gasteiger partial charge in [0.1, 0.15) is 0 Å². The molecular weight excluding hydrogens is 292 g/mol. The smallest absolute Gasteiger partial charge is 0.269 e. The van der Waals surface area contributed by atoms with Gasteiger partial charge in [-0.3, -0.25) is 10.1 Å². The average Bonchev–Trinajstić information content (AvgIpc) is 2.55. The number of hydrogen-bond acceptors (Lipinski definition) is 5. The molecule has 0 saturated carbocycles. The third-order valence-electron chi connectivity index (χ3n) is 3.32. The molecule has 0 saturated heterocycles. The van der Waals surface area contributed by atoms with Gasteiger partial charge in [-0.2, -0.15) is 10.2 Å². The highest BCUT2D eigenvalue weighted by Crippen LogP contribution is 2.13. The first-order valence-electron chi connectivity index (χ1n) is 7.07. The fourth-order valence-electron chi connectivity index (χ4n) is 1.92. The minimum absolute atomic E-state index is 0.0611. The quantitative estimate of drug-likeness (QED) is 0.482. The minimum atomic E-state index is -0.425. The molecule has 0 radical (unpaired) electrons. The van der Waals surface area contributed by atoms with Crippen molar-refractivity contribution in [2.24, 2.45) is 10.2 Å². The van der Waals surface area contributed by atoms with Crippen LogP contribution in [0.5, 0.6) is 0 Å². The van der Waals surface area contributed by atoms with Crippen molar-refractivity contribution < 1.29 is 4.92 Å². The Labute approximate surface area is 134 Å². The fourth-order valence-corrected chi connectivity index (χ4v) is 1.92. The van der Waals surface area contributed by atoms with Gasteiger partial charge in [-0.15, -0.1) is 0 Å². The van der Waals surface area contributed by atoms with Gasteiger partial charge in [0.2, 0.25) is 0 Å². The maximum Gasteiger partial charge on any atom is 0.269 e. The van der Waals surface area contributed by atoms with Crippen LogP contribution in [0, 0.1) is 10.1 Å². The number of non-ortho nitro benzene ring substituents is 1. The van der Waals surface area contributed by atoms with E-state index in [-0.39, 0.29) is 5.69 Å². The number of nitro groups is 1. The zero-order valence-electron chi connectivity index (χ0n) is 13.3. The van der Waals surface area contributed by atoms with Crippen LogP contribution in [0.4, 0.5) is 11.4 Å². The van der Waals surface area contributed by atoms with E-state index in [9.17, 15) is 10.1 Å². The predicted molar refractivity (Wildman–Crippen MR) is 93.7 cm³/mol. The number of hydrogen-bond donors (Lipinski definition) is 0. The molecule has 0 amide bonds. The van der Waals surface area contributed by atoms with Gasteiger partial charge >= 0.3 is 0 Å². The number of rotatable bonds is 5. The number of nitrogens with zero attached hydrogens (tertiary/aromatic N) is 4. The Morgan fingerprint density at radius 1 is 1.09 bits per heavy atom. The Morgan fingerprint density at radius 3 is 2.22 bits per heavy atom. The summed E-state index contributed by atoms with van der Waals surface area (Å²) in [7, 11) is 3.97. The maximum absolute atomic E-state index is 10.6. The summed E-state index contributed by atoms with van der Waals surface area (Å²) in [5.74, 6) is 0. The summed E-state index contributed by atoms with van der Waals surface area (Å²) in [5, 5.41) is 18.8. The summed E-state index contributed by atoms with van der Waals surface area (Å²) in [4.78, 5) is 12.2. The van der Waals surface area contributed by atoms with Crippen molar-refractivity contribution in [1.82, 2.24) is 0 Å². The average molecular weight is 310 g/mol. The van der Waals surface area contributed by atoms with Crippen LogP contribution in [-0.4, -0.2) is 30.9 Å². The number of benzene rings is 2. The summed E-state index contributed by atoms with van der Waals surface area (Å²) in [6.07, 6.45) is 1.67. The Bertz CT molecular complexity index is 732. The van der Waals surface area contributed by atoms with Crippen LogP contribution in [0.2, 0.25) is 0 Å². The molecule has 0 aliphatic heterocycles. The van der Waals surface area contributed by atoms with Crippen LogP contribution < -0.4 is 4.90 Å². The first kappa shape index (κ1) is 16.4. The van der Waals surface area contributed by atoms with E-state index in [2.05, 4.69) is 10.2 Å². The monoisotopic (exact) mass is 310 g/mol. The lowest BCUT2D eigenvalue weighted by Crippen LogP contribution is -2.08. The van der Waals surface area contributed by atoms with Crippen LogP contribution in [0.15, 0.2) is 58.7 Å². The lowest BCUT2D eigenvalue weighted by molar-refractivity contribution is -0.384. The van der Waals surface area contributed by atoms with Gasteiger partial charge < -0.3 is 4.90 Å². The van der Waals surface area contributed by atoms with Gasteiger partial charge in [0.25, 0.3) is 5.69 Å². The lowest BCUT2D eigenvalue weighted by Gasteiger charge is -2.11. The topological polar surface area (TPSA) is 71.1 Å². The van der Waals surface area contributed by atoms with E-state index in [0.717, 1.165) is 16.8 Å². The molecule has 23 heavy (non-hydrogen) atoms. The molecule has 0 aromatic heterocycles. The summed E-state index contributed by atoms with van der Waals surface area (Å²) < 4.78 is 0. The third-order valence-corrected chi connectivity index (χ3v) is 3.32. The van der Waals surface area contributed by atoms with Gasteiger partial charge in [-0.1, -0.05) is 12.1 Å². The van der Waals surface area contributed by atoms with Crippen molar-refractivity contribution in [3.63, 3.8) is 0 Å². The Morgan fingerprint density at radius 2 is 1.70 bits per heavy atom. The highest BCUT2D eigenvalue weighted by Gasteiger charge is 2.05. The van der Waals surface area contributed by atoms with Crippen molar-refractivity contribution in [2.45, 2.75) is 6.92 Å². The first-order valence-corrected chi connectivity index (χ1v) is 7.07. The van der Waals surface area contributed by atoms with Gasteiger partial charge in [0.15, 0.2) is 0 Å². The third kappa shape index (κ3) is 4.47. The molecule has 0 aliphatic carbocycles. The molecule has 0 bridgehead atoms. The van der Waals surface area contributed by atoms with Gasteiger partial charge in [0, 0.05) is 31.9 Å². The largest absolute Gasteiger partial charge is 0.378 e. The van der Waals surface area contributed by atoms with E-state index < -0.39 is 4.92 Å². The van der Waals surface area contributed by atoms with Crippen LogP contribution in [0.3, 0.4) is 0 Å². The van der Waals surface area contributed by atoms with Crippen molar-refractivity contribution in [2.75, 3.05) is 19.0 Å². The second kappa shape index (κ2) is 7.31. The van der Waals surface area contributed by atoms with Gasteiger partial charge in [-0.05, 0) is 42.3 Å². The summed E-state index contributed by atoms with van der Waals surface area (Å²) >= 11 is 0. The molecular formula is C17H18N4O2. The molecule has 0 spiro atoms. The predicted octanol–water partition coefficient (Wildman–Crippen LogP) is 3.50. The van der Waals surface area contributed by atoms with Crippen LogP contribution in [0.25, 0.3) is 0 Å². The molecule has 6 nitrogen and oxygen atoms in total. The van der Waals surface area contributed by atoms with Crippen LogP contribution >= 0.6 is 0 Å². The van der Waals surface area contributed by atoms with Crippen LogP contribution in [-0.2, 0) is 0 Å². The van der Waals surface area contributed by atoms with Crippen LogP contribution in [0.1, 0.15) is 18.1 Å². The highest BCUT2D eigenvalue weighted by atomic mass is 16.6. The molecule has 6 heteroatoms. The Kier molecular flexibility index (Phi) is 5.19. The summed E-state index contributed by atoms with van der Waals surface area (Å²) in [6.45, 7) is 1.81. The normalized spacial score (nSPS) is 11.7. The van der Waals surface area contributed by atoms with Gasteiger partial charge in [0.05, 0.1) is 16.8 Å². The zero-order chi connectivity index (χ0) is 16.8. The zero-order valence-corrected chi connectivity index (χ0v) is 13.3. The molecule has 2 rings (SSSR count). The standard InChI is InChI=1S/C17H18N4O2/c1-13(15-6-10-17(11-7-15)21(22)23)19-18-12-14-4-8-16(9-5-14)20(2)3/h4-12H,1-3H3. The second-order valence-electron chi connectivity index (χ2n) is 5.22. The Balaban J connectivity index is 2.07. The van der Waals surface area contributed by atoms with E-state index >= 15 is 0 Å². The molecule has 118 valence electrons. The molecule has 2 aromatic carbocycles. The van der Waals surface area contributed by atoms with E-state index in [4.69, 9.17) is 0 Å². The SMILES string of the molecule is CC(=NN=Cc1ccc(N(C)C)cc1)c1ccc([N+](=O)[O-])cc1. The number of anilines is 1. The molecule has 0 N–H and O–H groups in total. The van der Waals surface area contributed by atoms with E-state index in [1.54, 1.807) is 18.3 Å². The first-order chi connectivity index (χ1) is 11.0. The molecule has 2 aromatic rings. The number of nitro benzene ring substituents is 1. The van der Waals surface area contributed by atoms with E-state index in [1.165, 1.54) is 12.1 Å².